The van der Waals surface area contributed by atoms with E-state index in [-0.39, 0.29) is 17.6 Å². The Balaban J connectivity index is 1.46. The van der Waals surface area contributed by atoms with Crippen molar-refractivity contribution >= 4 is 6.03 Å². The van der Waals surface area contributed by atoms with Crippen molar-refractivity contribution in [2.24, 2.45) is 23.5 Å². The molecule has 2 amide bonds. The fourth-order valence-electron chi connectivity index (χ4n) is 5.54. The van der Waals surface area contributed by atoms with Crippen molar-refractivity contribution in [1.82, 2.24) is 10.2 Å². The van der Waals surface area contributed by atoms with E-state index in [4.69, 9.17) is 5.73 Å². The highest BCUT2D eigenvalue weighted by Crippen LogP contribution is 2.55. The molecule has 4 nitrogen and oxygen atoms in total. The number of likely N-dealkylation sites (tertiary alicyclic amines) is 1. The molecule has 1 aliphatic heterocycles. The molecule has 1 saturated heterocycles. The molecule has 19 heavy (non-hydrogen) atoms. The Morgan fingerprint density at radius 3 is 2.16 bits per heavy atom. The van der Waals surface area contributed by atoms with Gasteiger partial charge in [-0.3, -0.25) is 0 Å². The average molecular weight is 263 g/mol. The van der Waals surface area contributed by atoms with E-state index in [1.165, 1.54) is 38.5 Å². The number of carbonyl (C=O) groups excluding carboxylic acids is 1. The van der Waals surface area contributed by atoms with Crippen molar-refractivity contribution < 1.29 is 4.79 Å². The van der Waals surface area contributed by atoms with E-state index >= 15 is 0 Å². The maximum absolute atomic E-state index is 12.4. The van der Waals surface area contributed by atoms with Crippen LogP contribution in [-0.2, 0) is 0 Å². The van der Waals surface area contributed by atoms with Crippen molar-refractivity contribution in [1.29, 1.82) is 0 Å². The molecule has 0 radical (unpaired) electrons. The molecule has 5 aliphatic rings. The van der Waals surface area contributed by atoms with Gasteiger partial charge in [0.2, 0.25) is 0 Å². The Kier molecular flexibility index (Phi) is 2.60. The van der Waals surface area contributed by atoms with Crippen LogP contribution in [0.1, 0.15) is 44.9 Å². The van der Waals surface area contributed by atoms with Crippen molar-refractivity contribution in [3.8, 4) is 0 Å². The normalized spacial score (nSPS) is 47.7. The molecule has 0 spiro atoms. The summed E-state index contributed by atoms with van der Waals surface area (Å²) in [5, 5.41) is 3.42. The molecule has 4 aliphatic carbocycles. The standard InChI is InChI=1S/C15H25N3O/c16-13-1-2-18(9-13)14(19)17-15-6-10-3-11(7-15)5-12(4-10)8-15/h10-13H,1-9,16H2,(H,17,19)/t10?,11?,12?,13-,15?/m0/s1. The van der Waals surface area contributed by atoms with Gasteiger partial charge in [-0.05, 0) is 62.7 Å². The van der Waals surface area contributed by atoms with Gasteiger partial charge in [0.15, 0.2) is 0 Å². The molecule has 0 aromatic heterocycles. The van der Waals surface area contributed by atoms with Gasteiger partial charge in [-0.2, -0.15) is 0 Å². The molecule has 5 fully saturated rings. The molecule has 4 saturated carbocycles. The quantitative estimate of drug-likeness (QED) is 0.756. The van der Waals surface area contributed by atoms with E-state index in [2.05, 4.69) is 5.32 Å². The van der Waals surface area contributed by atoms with E-state index in [9.17, 15) is 4.79 Å². The predicted octanol–water partition coefficient (Wildman–Crippen LogP) is 1.70. The van der Waals surface area contributed by atoms with Gasteiger partial charge in [0.25, 0.3) is 0 Å². The van der Waals surface area contributed by atoms with Gasteiger partial charge in [-0.25, -0.2) is 4.79 Å². The van der Waals surface area contributed by atoms with E-state index in [0.29, 0.717) is 0 Å². The van der Waals surface area contributed by atoms with Crippen LogP contribution in [0.4, 0.5) is 4.79 Å². The van der Waals surface area contributed by atoms with E-state index in [1.807, 2.05) is 4.90 Å². The van der Waals surface area contributed by atoms with E-state index < -0.39 is 0 Å². The Hall–Kier alpha value is -0.770. The summed E-state index contributed by atoms with van der Waals surface area (Å²) in [5.74, 6) is 2.65. The largest absolute Gasteiger partial charge is 0.333 e. The van der Waals surface area contributed by atoms with Crippen LogP contribution in [-0.4, -0.2) is 35.6 Å². The Labute approximate surface area is 115 Å². The van der Waals surface area contributed by atoms with Gasteiger partial charge in [0, 0.05) is 24.7 Å². The third-order valence-electron chi connectivity index (χ3n) is 5.92. The van der Waals surface area contributed by atoms with Crippen LogP contribution in [0.25, 0.3) is 0 Å². The smallest absolute Gasteiger partial charge is 0.317 e. The average Bonchev–Trinajstić information content (AvgIpc) is 2.73. The lowest BCUT2D eigenvalue weighted by atomic mass is 9.53. The van der Waals surface area contributed by atoms with Crippen LogP contribution < -0.4 is 11.1 Å². The predicted molar refractivity (Wildman–Crippen MR) is 73.6 cm³/mol. The monoisotopic (exact) mass is 263 g/mol. The zero-order valence-electron chi connectivity index (χ0n) is 11.6. The highest BCUT2D eigenvalue weighted by molar-refractivity contribution is 5.75. The number of hydrogen-bond donors (Lipinski definition) is 2. The second kappa shape index (κ2) is 4.11. The number of amides is 2. The number of nitrogens with two attached hydrogens (primary N) is 1. The van der Waals surface area contributed by atoms with Crippen LogP contribution in [0, 0.1) is 17.8 Å². The number of urea groups is 1. The molecule has 0 aromatic rings. The van der Waals surface area contributed by atoms with E-state index in [0.717, 1.165) is 37.3 Å². The van der Waals surface area contributed by atoms with Crippen LogP contribution >= 0.6 is 0 Å². The lowest BCUT2D eigenvalue weighted by Gasteiger charge is -2.57. The second-order valence-electron chi connectivity index (χ2n) is 7.62. The number of carbonyl (C=O) groups is 1. The Morgan fingerprint density at radius 1 is 1.11 bits per heavy atom. The summed E-state index contributed by atoms with van der Waals surface area (Å²) < 4.78 is 0. The van der Waals surface area contributed by atoms with Crippen LogP contribution in [0.3, 0.4) is 0 Å². The molecule has 3 N–H and O–H groups in total. The first-order valence-corrected chi connectivity index (χ1v) is 7.94. The van der Waals surface area contributed by atoms with Gasteiger partial charge in [-0.1, -0.05) is 0 Å². The zero-order valence-corrected chi connectivity index (χ0v) is 11.6. The summed E-state index contributed by atoms with van der Waals surface area (Å²) in [7, 11) is 0. The zero-order chi connectivity index (χ0) is 13.0. The van der Waals surface area contributed by atoms with Gasteiger partial charge >= 0.3 is 6.03 Å². The summed E-state index contributed by atoms with van der Waals surface area (Å²) in [5.41, 5.74) is 6.04. The van der Waals surface area contributed by atoms with Crippen molar-refractivity contribution in [3.05, 3.63) is 0 Å². The molecular weight excluding hydrogens is 238 g/mol. The summed E-state index contributed by atoms with van der Waals surface area (Å²) in [6, 6.07) is 0.331. The highest BCUT2D eigenvalue weighted by Gasteiger charge is 2.51. The maximum atomic E-state index is 12.4. The SMILES string of the molecule is N[C@H]1CCN(C(=O)NC23CC4CC(CC(C4)C2)C3)C1. The molecule has 0 aromatic carbocycles. The molecular formula is C15H25N3O. The topological polar surface area (TPSA) is 58.4 Å². The molecule has 106 valence electrons. The number of rotatable bonds is 1. The molecule has 4 heteroatoms. The summed E-state index contributed by atoms with van der Waals surface area (Å²) in [6.07, 6.45) is 8.89. The molecule has 1 heterocycles. The minimum Gasteiger partial charge on any atom is -0.333 e. The van der Waals surface area contributed by atoms with Gasteiger partial charge in [0.1, 0.15) is 0 Å². The maximum Gasteiger partial charge on any atom is 0.317 e. The molecule has 4 bridgehead atoms. The van der Waals surface area contributed by atoms with Gasteiger partial charge in [-0.15, -0.1) is 0 Å². The Morgan fingerprint density at radius 2 is 1.68 bits per heavy atom. The lowest BCUT2D eigenvalue weighted by molar-refractivity contribution is -0.0153. The number of nitrogens with one attached hydrogen (secondary N) is 1. The number of nitrogens with zero attached hydrogens (tertiary/aromatic N) is 1. The molecule has 0 unspecified atom stereocenters. The minimum atomic E-state index is 0.137. The number of hydrogen-bond acceptors (Lipinski definition) is 2. The van der Waals surface area contributed by atoms with Crippen molar-refractivity contribution in [3.63, 3.8) is 0 Å². The van der Waals surface area contributed by atoms with Crippen LogP contribution in [0.2, 0.25) is 0 Å². The van der Waals surface area contributed by atoms with Crippen molar-refractivity contribution in [2.45, 2.75) is 56.5 Å². The van der Waals surface area contributed by atoms with Gasteiger partial charge < -0.3 is 16.0 Å². The van der Waals surface area contributed by atoms with Crippen LogP contribution in [0.15, 0.2) is 0 Å². The molecule has 1 atom stereocenters. The third kappa shape index (κ3) is 2.04. The highest BCUT2D eigenvalue weighted by atomic mass is 16.2. The van der Waals surface area contributed by atoms with Crippen molar-refractivity contribution in [2.75, 3.05) is 13.1 Å². The lowest BCUT2D eigenvalue weighted by Crippen LogP contribution is -2.61. The summed E-state index contributed by atoms with van der Waals surface area (Å²) in [6.45, 7) is 1.57. The first-order valence-electron chi connectivity index (χ1n) is 7.94. The van der Waals surface area contributed by atoms with E-state index in [1.54, 1.807) is 0 Å². The first kappa shape index (κ1) is 12.0. The first-order chi connectivity index (χ1) is 9.12. The second-order valence-corrected chi connectivity index (χ2v) is 7.62. The molecule has 5 rings (SSSR count). The minimum absolute atomic E-state index is 0.137. The summed E-state index contributed by atoms with van der Waals surface area (Å²) in [4.78, 5) is 14.4. The van der Waals surface area contributed by atoms with Gasteiger partial charge in [0.05, 0.1) is 0 Å². The fourth-order valence-corrected chi connectivity index (χ4v) is 5.54. The third-order valence-corrected chi connectivity index (χ3v) is 5.92. The summed E-state index contributed by atoms with van der Waals surface area (Å²) >= 11 is 0. The fraction of sp³-hybridized carbons (Fsp3) is 0.933. The Bertz CT molecular complexity index is 360. The van der Waals surface area contributed by atoms with Crippen LogP contribution in [0.5, 0.6) is 0 Å².